The molecule has 2 N–H and O–H groups in total. The van der Waals surface area contributed by atoms with E-state index in [1.807, 2.05) is 38.3 Å². The van der Waals surface area contributed by atoms with Gasteiger partial charge in [-0.05, 0) is 62.1 Å². The zero-order chi connectivity index (χ0) is 19.2. The molecule has 2 aromatic rings. The van der Waals surface area contributed by atoms with Gasteiger partial charge in [0.15, 0.2) is 0 Å². The van der Waals surface area contributed by atoms with Gasteiger partial charge in [-0.3, -0.25) is 9.59 Å². The smallest absolute Gasteiger partial charge is 0.268 e. The number of amides is 2. The Morgan fingerprint density at radius 1 is 1.19 bits per heavy atom. The Bertz CT molecular complexity index is 778. The fourth-order valence-corrected chi connectivity index (χ4v) is 2.73. The lowest BCUT2D eigenvalue weighted by Gasteiger charge is -2.25. The van der Waals surface area contributed by atoms with Gasteiger partial charge in [0.2, 0.25) is 0 Å². The number of thiophene rings is 1. The van der Waals surface area contributed by atoms with E-state index in [4.69, 9.17) is 4.74 Å². The minimum Gasteiger partial charge on any atom is -0.497 e. The number of hydrogen-bond acceptors (Lipinski definition) is 4. The molecule has 0 saturated heterocycles. The molecule has 1 heterocycles. The van der Waals surface area contributed by atoms with E-state index in [-0.39, 0.29) is 23.1 Å². The summed E-state index contributed by atoms with van der Waals surface area (Å²) in [7, 11) is 1.57. The van der Waals surface area contributed by atoms with Gasteiger partial charge in [0.05, 0.1) is 7.11 Å². The summed E-state index contributed by atoms with van der Waals surface area (Å²) in [6, 6.07) is 10.5. The zero-order valence-electron chi connectivity index (χ0n) is 15.5. The van der Waals surface area contributed by atoms with Crippen LogP contribution >= 0.6 is 11.3 Å². The van der Waals surface area contributed by atoms with E-state index in [9.17, 15) is 9.59 Å². The number of methoxy groups -OCH3 is 1. The number of nitrogens with one attached hydrogen (secondary N) is 2. The summed E-state index contributed by atoms with van der Waals surface area (Å²) in [5.41, 5.74) is 0.302. The first-order valence-corrected chi connectivity index (χ1v) is 9.25. The Hall–Kier alpha value is -2.60. The van der Waals surface area contributed by atoms with Crippen molar-refractivity contribution in [2.45, 2.75) is 32.7 Å². The summed E-state index contributed by atoms with van der Waals surface area (Å²) in [5, 5.41) is 7.61. The number of rotatable bonds is 7. The molecule has 1 aromatic heterocycles. The van der Waals surface area contributed by atoms with E-state index in [1.165, 1.54) is 11.3 Å². The van der Waals surface area contributed by atoms with Crippen molar-refractivity contribution in [1.29, 1.82) is 0 Å². The molecular formula is C20H24N2O3S. The summed E-state index contributed by atoms with van der Waals surface area (Å²) in [6.07, 6.45) is 2.46. The van der Waals surface area contributed by atoms with Crippen molar-refractivity contribution in [1.82, 2.24) is 10.6 Å². The molecule has 0 aliphatic heterocycles. The minimum atomic E-state index is -0.365. The van der Waals surface area contributed by atoms with Crippen LogP contribution in [0.4, 0.5) is 0 Å². The third-order valence-electron chi connectivity index (χ3n) is 4.01. The molecule has 0 aliphatic rings. The quantitative estimate of drug-likeness (QED) is 0.726. The van der Waals surface area contributed by atoms with Crippen molar-refractivity contribution in [3.05, 3.63) is 57.9 Å². The Morgan fingerprint density at radius 2 is 1.88 bits per heavy atom. The van der Waals surface area contributed by atoms with Gasteiger partial charge in [0, 0.05) is 16.0 Å². The number of hydrogen-bond donors (Lipinski definition) is 2. The standard InChI is InChI=1S/C20H24N2O3S/c1-5-20(2,3)22-19(24)17(13-16-7-6-12-26-16)21-18(23)14-8-10-15(25-4)11-9-14/h6-13H,5H2,1-4H3,(H,21,23)(H,22,24)/b17-13-. The molecule has 2 rings (SSSR count). The van der Waals surface area contributed by atoms with E-state index in [1.54, 1.807) is 37.5 Å². The molecule has 138 valence electrons. The Balaban J connectivity index is 2.23. The highest BCUT2D eigenvalue weighted by molar-refractivity contribution is 7.10. The average molecular weight is 372 g/mol. The van der Waals surface area contributed by atoms with E-state index in [0.717, 1.165) is 11.3 Å². The number of ether oxygens (including phenoxy) is 1. The van der Waals surface area contributed by atoms with Gasteiger partial charge in [-0.15, -0.1) is 11.3 Å². The van der Waals surface area contributed by atoms with Crippen LogP contribution in [-0.4, -0.2) is 24.5 Å². The molecular weight excluding hydrogens is 348 g/mol. The van der Waals surface area contributed by atoms with Crippen LogP contribution in [0.25, 0.3) is 6.08 Å². The number of carbonyl (C=O) groups is 2. The topological polar surface area (TPSA) is 67.4 Å². The number of benzene rings is 1. The summed E-state index contributed by atoms with van der Waals surface area (Å²) in [4.78, 5) is 26.1. The Labute approximate surface area is 158 Å². The second-order valence-electron chi connectivity index (χ2n) is 6.45. The van der Waals surface area contributed by atoms with Crippen molar-refractivity contribution >= 4 is 29.2 Å². The van der Waals surface area contributed by atoms with Crippen molar-refractivity contribution < 1.29 is 14.3 Å². The maximum Gasteiger partial charge on any atom is 0.268 e. The minimum absolute atomic E-state index is 0.217. The van der Waals surface area contributed by atoms with Crippen molar-refractivity contribution in [3.8, 4) is 5.75 Å². The zero-order valence-corrected chi connectivity index (χ0v) is 16.3. The molecule has 0 bridgehead atoms. The summed E-state index contributed by atoms with van der Waals surface area (Å²) >= 11 is 1.50. The molecule has 0 saturated carbocycles. The summed E-state index contributed by atoms with van der Waals surface area (Å²) < 4.78 is 5.10. The van der Waals surface area contributed by atoms with E-state index >= 15 is 0 Å². The number of carbonyl (C=O) groups excluding carboxylic acids is 2. The fourth-order valence-electron chi connectivity index (χ4n) is 2.07. The van der Waals surface area contributed by atoms with Crippen molar-refractivity contribution in [2.75, 3.05) is 7.11 Å². The lowest BCUT2D eigenvalue weighted by molar-refractivity contribution is -0.119. The van der Waals surface area contributed by atoms with Crippen LogP contribution in [0.1, 0.15) is 42.4 Å². The summed E-state index contributed by atoms with van der Waals surface area (Å²) in [6.45, 7) is 5.89. The SMILES string of the molecule is CCC(C)(C)NC(=O)/C(=C/c1cccs1)NC(=O)c1ccc(OC)cc1. The highest BCUT2D eigenvalue weighted by atomic mass is 32.1. The van der Waals surface area contributed by atoms with Crippen LogP contribution in [0, 0.1) is 0 Å². The monoisotopic (exact) mass is 372 g/mol. The van der Waals surface area contributed by atoms with Crippen LogP contribution in [0.2, 0.25) is 0 Å². The molecule has 0 atom stereocenters. The second-order valence-corrected chi connectivity index (χ2v) is 7.43. The molecule has 1 aromatic carbocycles. The van der Waals surface area contributed by atoms with Crippen LogP contribution in [0.15, 0.2) is 47.5 Å². The van der Waals surface area contributed by atoms with Crippen LogP contribution in [0.5, 0.6) is 5.75 Å². The molecule has 0 aliphatic carbocycles. The second kappa shape index (κ2) is 8.67. The highest BCUT2D eigenvalue weighted by Crippen LogP contribution is 2.16. The Morgan fingerprint density at radius 3 is 2.42 bits per heavy atom. The summed E-state index contributed by atoms with van der Waals surface area (Å²) in [5.74, 6) is 0.00497. The highest BCUT2D eigenvalue weighted by Gasteiger charge is 2.22. The third kappa shape index (κ3) is 5.46. The van der Waals surface area contributed by atoms with Gasteiger partial charge < -0.3 is 15.4 Å². The van der Waals surface area contributed by atoms with Crippen molar-refractivity contribution in [3.63, 3.8) is 0 Å². The lowest BCUT2D eigenvalue weighted by atomic mass is 10.0. The molecule has 6 heteroatoms. The van der Waals surface area contributed by atoms with Gasteiger partial charge >= 0.3 is 0 Å². The lowest BCUT2D eigenvalue weighted by Crippen LogP contribution is -2.46. The largest absolute Gasteiger partial charge is 0.497 e. The van der Waals surface area contributed by atoms with Gasteiger partial charge in [0.25, 0.3) is 11.8 Å². The molecule has 0 spiro atoms. The first kappa shape index (κ1) is 19.7. The molecule has 26 heavy (non-hydrogen) atoms. The van der Waals surface area contributed by atoms with Crippen LogP contribution in [0.3, 0.4) is 0 Å². The normalized spacial score (nSPS) is 11.8. The maximum absolute atomic E-state index is 12.7. The van der Waals surface area contributed by atoms with Crippen molar-refractivity contribution in [2.24, 2.45) is 0 Å². The maximum atomic E-state index is 12.7. The molecule has 5 nitrogen and oxygen atoms in total. The molecule has 0 radical (unpaired) electrons. The van der Waals surface area contributed by atoms with Gasteiger partial charge in [-0.25, -0.2) is 0 Å². The van der Waals surface area contributed by atoms with Gasteiger partial charge in [-0.1, -0.05) is 13.0 Å². The van der Waals surface area contributed by atoms with Crippen LogP contribution < -0.4 is 15.4 Å². The Kier molecular flexibility index (Phi) is 6.58. The third-order valence-corrected chi connectivity index (χ3v) is 4.83. The molecule has 0 unspecified atom stereocenters. The average Bonchev–Trinajstić information content (AvgIpc) is 3.14. The molecule has 2 amide bonds. The van der Waals surface area contributed by atoms with Gasteiger partial charge in [0.1, 0.15) is 11.4 Å². The van der Waals surface area contributed by atoms with E-state index in [0.29, 0.717) is 11.3 Å². The first-order chi connectivity index (χ1) is 12.3. The fraction of sp³-hybridized carbons (Fsp3) is 0.300. The first-order valence-electron chi connectivity index (χ1n) is 8.38. The predicted octanol–water partition coefficient (Wildman–Crippen LogP) is 3.83. The van der Waals surface area contributed by atoms with Crippen LogP contribution in [-0.2, 0) is 4.79 Å². The van der Waals surface area contributed by atoms with E-state index < -0.39 is 0 Å². The van der Waals surface area contributed by atoms with Gasteiger partial charge in [-0.2, -0.15) is 0 Å². The molecule has 0 fully saturated rings. The van der Waals surface area contributed by atoms with E-state index in [2.05, 4.69) is 10.6 Å². The predicted molar refractivity (Wildman–Crippen MR) is 105 cm³/mol.